The molecule has 1 amide bonds. The van der Waals surface area contributed by atoms with Crippen molar-refractivity contribution in [1.82, 2.24) is 4.90 Å². The number of thioether (sulfide) groups is 1. The third-order valence-corrected chi connectivity index (χ3v) is 5.17. The second-order valence-corrected chi connectivity index (χ2v) is 7.11. The van der Waals surface area contributed by atoms with E-state index in [0.717, 1.165) is 5.56 Å². The predicted octanol–water partition coefficient (Wildman–Crippen LogP) is 2.52. The minimum Gasteiger partial charge on any atom is -0.460 e. The Kier molecular flexibility index (Phi) is 5.24. The highest BCUT2D eigenvalue weighted by atomic mass is 32.2. The van der Waals surface area contributed by atoms with Gasteiger partial charge in [-0.1, -0.05) is 42.1 Å². The molecule has 1 aromatic rings. The number of hydrogen-bond donors (Lipinski definition) is 0. The SMILES string of the molecule is COCCOC(=O)C1=C(C)N=C2S[C@H](C)C(=O)N2[C@@H]1c1ccccc1. The Morgan fingerprint density at radius 1 is 1.28 bits per heavy atom. The lowest BCUT2D eigenvalue weighted by Gasteiger charge is -2.33. The Labute approximate surface area is 150 Å². The molecule has 2 aliphatic heterocycles. The predicted molar refractivity (Wildman–Crippen MR) is 96.1 cm³/mol. The summed E-state index contributed by atoms with van der Waals surface area (Å²) >= 11 is 1.42. The summed E-state index contributed by atoms with van der Waals surface area (Å²) in [6.45, 7) is 4.10. The quantitative estimate of drug-likeness (QED) is 0.596. The van der Waals surface area contributed by atoms with Gasteiger partial charge >= 0.3 is 5.97 Å². The van der Waals surface area contributed by atoms with Gasteiger partial charge in [0.05, 0.1) is 29.2 Å². The van der Waals surface area contributed by atoms with Gasteiger partial charge in [-0.05, 0) is 19.4 Å². The molecule has 2 aliphatic rings. The monoisotopic (exact) mass is 360 g/mol. The number of amidine groups is 1. The smallest absolute Gasteiger partial charge is 0.338 e. The molecule has 0 saturated carbocycles. The van der Waals surface area contributed by atoms with E-state index in [-0.39, 0.29) is 17.8 Å². The number of carbonyl (C=O) groups excluding carboxylic acids is 2. The molecule has 0 radical (unpaired) electrons. The first kappa shape index (κ1) is 17.7. The van der Waals surface area contributed by atoms with Gasteiger partial charge < -0.3 is 9.47 Å². The van der Waals surface area contributed by atoms with Crippen LogP contribution in [0.1, 0.15) is 25.5 Å². The second kappa shape index (κ2) is 7.41. The molecule has 132 valence electrons. The van der Waals surface area contributed by atoms with Gasteiger partial charge in [-0.15, -0.1) is 0 Å². The van der Waals surface area contributed by atoms with Crippen LogP contribution in [0.3, 0.4) is 0 Å². The fraction of sp³-hybridized carbons (Fsp3) is 0.389. The summed E-state index contributed by atoms with van der Waals surface area (Å²) in [6.07, 6.45) is 0. The molecule has 1 saturated heterocycles. The number of carbonyl (C=O) groups is 2. The van der Waals surface area contributed by atoms with Crippen molar-refractivity contribution in [3.05, 3.63) is 47.2 Å². The molecule has 0 aliphatic carbocycles. The van der Waals surface area contributed by atoms with Gasteiger partial charge in [-0.2, -0.15) is 0 Å². The highest BCUT2D eigenvalue weighted by molar-refractivity contribution is 8.15. The first-order valence-corrected chi connectivity index (χ1v) is 8.92. The number of nitrogens with zero attached hydrogens (tertiary/aromatic N) is 2. The van der Waals surface area contributed by atoms with Gasteiger partial charge in [0.25, 0.3) is 0 Å². The maximum absolute atomic E-state index is 12.7. The molecule has 1 aromatic carbocycles. The highest BCUT2D eigenvalue weighted by Crippen LogP contribution is 2.43. The molecule has 0 aromatic heterocycles. The standard InChI is InChI=1S/C18H20N2O4S/c1-11-14(17(22)24-10-9-23-3)15(13-7-5-4-6-8-13)20-16(21)12(2)25-18(20)19-11/h4-8,12,15H,9-10H2,1-3H3/t12-,15-/m1/s1. The number of methoxy groups -OCH3 is 1. The van der Waals surface area contributed by atoms with Crippen molar-refractivity contribution in [2.75, 3.05) is 20.3 Å². The molecule has 0 bridgehead atoms. The number of hydrogen-bond acceptors (Lipinski definition) is 6. The summed E-state index contributed by atoms with van der Waals surface area (Å²) in [5.41, 5.74) is 1.84. The van der Waals surface area contributed by atoms with Crippen LogP contribution in [0.4, 0.5) is 0 Å². The summed E-state index contributed by atoms with van der Waals surface area (Å²) in [7, 11) is 1.55. The molecule has 7 heteroatoms. The molecule has 2 heterocycles. The minimum absolute atomic E-state index is 0.0488. The number of esters is 1. The third kappa shape index (κ3) is 3.34. The first-order chi connectivity index (χ1) is 12.0. The fourth-order valence-corrected chi connectivity index (χ4v) is 3.94. The summed E-state index contributed by atoms with van der Waals surface area (Å²) in [5.74, 6) is -0.518. The molecule has 25 heavy (non-hydrogen) atoms. The van der Waals surface area contributed by atoms with Gasteiger partial charge in [0.15, 0.2) is 5.17 Å². The molecule has 2 atom stereocenters. The Hall–Kier alpha value is -2.12. The van der Waals surface area contributed by atoms with E-state index in [0.29, 0.717) is 23.0 Å². The number of ether oxygens (including phenoxy) is 2. The molecule has 0 unspecified atom stereocenters. The number of rotatable bonds is 5. The van der Waals surface area contributed by atoms with E-state index in [9.17, 15) is 9.59 Å². The van der Waals surface area contributed by atoms with Crippen LogP contribution in [0.15, 0.2) is 46.6 Å². The van der Waals surface area contributed by atoms with Crippen molar-refractivity contribution in [1.29, 1.82) is 0 Å². The molecule has 3 rings (SSSR count). The molecule has 0 N–H and O–H groups in total. The summed E-state index contributed by atoms with van der Waals surface area (Å²) in [5, 5.41) is 0.416. The van der Waals surface area contributed by atoms with Crippen LogP contribution in [-0.4, -0.2) is 47.5 Å². The van der Waals surface area contributed by atoms with Gasteiger partial charge in [-0.25, -0.2) is 9.79 Å². The van der Waals surface area contributed by atoms with Crippen LogP contribution in [0.5, 0.6) is 0 Å². The summed E-state index contributed by atoms with van der Waals surface area (Å²) < 4.78 is 10.2. The molecule has 6 nitrogen and oxygen atoms in total. The topological polar surface area (TPSA) is 68.2 Å². The van der Waals surface area contributed by atoms with Gasteiger partial charge in [0.1, 0.15) is 6.61 Å². The van der Waals surface area contributed by atoms with E-state index in [2.05, 4.69) is 4.99 Å². The third-order valence-electron chi connectivity index (χ3n) is 4.11. The lowest BCUT2D eigenvalue weighted by Crippen LogP contribution is -2.40. The van der Waals surface area contributed by atoms with Crippen LogP contribution in [-0.2, 0) is 19.1 Å². The van der Waals surface area contributed by atoms with Crippen molar-refractivity contribution in [3.8, 4) is 0 Å². The van der Waals surface area contributed by atoms with E-state index >= 15 is 0 Å². The number of fused-ring (bicyclic) bond motifs is 1. The van der Waals surface area contributed by atoms with Crippen molar-refractivity contribution in [2.45, 2.75) is 25.1 Å². The van der Waals surface area contributed by atoms with E-state index in [1.54, 1.807) is 18.9 Å². The minimum atomic E-state index is -0.520. The zero-order valence-electron chi connectivity index (χ0n) is 14.4. The largest absolute Gasteiger partial charge is 0.460 e. The zero-order valence-corrected chi connectivity index (χ0v) is 15.2. The Morgan fingerprint density at radius 2 is 2.00 bits per heavy atom. The highest BCUT2D eigenvalue weighted by Gasteiger charge is 2.46. The number of aliphatic imine (C=N–C) groups is 1. The lowest BCUT2D eigenvalue weighted by atomic mass is 9.94. The Morgan fingerprint density at radius 3 is 2.68 bits per heavy atom. The molecule has 1 fully saturated rings. The Bertz CT molecular complexity index is 745. The van der Waals surface area contributed by atoms with Crippen molar-refractivity contribution >= 4 is 28.8 Å². The van der Waals surface area contributed by atoms with Crippen LogP contribution in [0, 0.1) is 0 Å². The summed E-state index contributed by atoms with van der Waals surface area (Å²) in [4.78, 5) is 31.5. The molecular formula is C18H20N2O4S. The first-order valence-electron chi connectivity index (χ1n) is 8.04. The normalized spacial score (nSPS) is 22.8. The van der Waals surface area contributed by atoms with Crippen molar-refractivity contribution in [2.24, 2.45) is 4.99 Å². The van der Waals surface area contributed by atoms with E-state index in [1.165, 1.54) is 11.8 Å². The van der Waals surface area contributed by atoms with Crippen LogP contribution >= 0.6 is 11.8 Å². The van der Waals surface area contributed by atoms with Gasteiger partial charge in [0.2, 0.25) is 5.91 Å². The summed E-state index contributed by atoms with van der Waals surface area (Å²) in [6, 6.07) is 8.97. The maximum atomic E-state index is 12.7. The van der Waals surface area contributed by atoms with E-state index in [4.69, 9.17) is 9.47 Å². The fourth-order valence-electron chi connectivity index (χ4n) is 2.91. The maximum Gasteiger partial charge on any atom is 0.338 e. The van der Waals surface area contributed by atoms with E-state index < -0.39 is 12.0 Å². The Balaban J connectivity index is 2.02. The van der Waals surface area contributed by atoms with Crippen molar-refractivity contribution < 1.29 is 19.1 Å². The lowest BCUT2D eigenvalue weighted by molar-refractivity contribution is -0.141. The van der Waals surface area contributed by atoms with Gasteiger partial charge in [-0.3, -0.25) is 9.69 Å². The number of allylic oxidation sites excluding steroid dienone is 1. The van der Waals surface area contributed by atoms with E-state index in [1.807, 2.05) is 37.3 Å². The molecular weight excluding hydrogens is 340 g/mol. The second-order valence-electron chi connectivity index (χ2n) is 5.80. The van der Waals surface area contributed by atoms with Crippen LogP contribution in [0.25, 0.3) is 0 Å². The number of benzene rings is 1. The average molecular weight is 360 g/mol. The molecule has 0 spiro atoms. The average Bonchev–Trinajstić information content (AvgIpc) is 2.88. The van der Waals surface area contributed by atoms with Crippen molar-refractivity contribution in [3.63, 3.8) is 0 Å². The van der Waals surface area contributed by atoms with Crippen LogP contribution in [0.2, 0.25) is 0 Å². The zero-order chi connectivity index (χ0) is 18.0. The van der Waals surface area contributed by atoms with Gasteiger partial charge in [0, 0.05) is 7.11 Å². The number of amides is 1. The van der Waals surface area contributed by atoms with Crippen LogP contribution < -0.4 is 0 Å².